The predicted octanol–water partition coefficient (Wildman–Crippen LogP) is 1.90. The quantitative estimate of drug-likeness (QED) is 0.742. The van der Waals surface area contributed by atoms with Crippen molar-refractivity contribution in [2.45, 2.75) is 12.3 Å². The van der Waals surface area contributed by atoms with E-state index in [0.717, 1.165) is 36.5 Å². The zero-order valence-corrected chi connectivity index (χ0v) is 7.86. The van der Waals surface area contributed by atoms with Gasteiger partial charge in [-0.2, -0.15) is 0 Å². The first kappa shape index (κ1) is 8.00. The lowest BCUT2D eigenvalue weighted by molar-refractivity contribution is 0.485. The van der Waals surface area contributed by atoms with Gasteiger partial charge < -0.3 is 9.73 Å². The Morgan fingerprint density at radius 2 is 2.29 bits per heavy atom. The third-order valence-electron chi connectivity index (χ3n) is 2.72. The van der Waals surface area contributed by atoms with Gasteiger partial charge in [-0.25, -0.2) is 4.98 Å². The first-order valence-electron chi connectivity index (χ1n) is 5.00. The van der Waals surface area contributed by atoms with Crippen molar-refractivity contribution in [3.63, 3.8) is 0 Å². The van der Waals surface area contributed by atoms with Crippen molar-refractivity contribution in [3.05, 3.63) is 30.2 Å². The largest absolute Gasteiger partial charge is 0.440 e. The van der Waals surface area contributed by atoms with Crippen molar-refractivity contribution in [2.24, 2.45) is 0 Å². The molecule has 1 fully saturated rings. The van der Waals surface area contributed by atoms with Gasteiger partial charge in [0.25, 0.3) is 0 Å². The SMILES string of the molecule is c1ccc2oc([C@@H]3CCNC3)nc2c1. The third kappa shape index (κ3) is 1.21. The van der Waals surface area contributed by atoms with Gasteiger partial charge in [0.15, 0.2) is 11.5 Å². The van der Waals surface area contributed by atoms with E-state index < -0.39 is 0 Å². The summed E-state index contributed by atoms with van der Waals surface area (Å²) in [5.41, 5.74) is 1.86. The van der Waals surface area contributed by atoms with E-state index in [0.29, 0.717) is 5.92 Å². The van der Waals surface area contributed by atoms with Crippen molar-refractivity contribution in [1.82, 2.24) is 10.3 Å². The Morgan fingerprint density at radius 1 is 1.36 bits per heavy atom. The molecular weight excluding hydrogens is 176 g/mol. The molecule has 0 unspecified atom stereocenters. The van der Waals surface area contributed by atoms with Gasteiger partial charge in [-0.15, -0.1) is 0 Å². The average Bonchev–Trinajstić information content (AvgIpc) is 2.86. The van der Waals surface area contributed by atoms with Crippen LogP contribution in [0.1, 0.15) is 18.2 Å². The normalized spacial score (nSPS) is 21.9. The molecule has 2 heterocycles. The number of hydrogen-bond acceptors (Lipinski definition) is 3. The molecule has 1 N–H and O–H groups in total. The van der Waals surface area contributed by atoms with Crippen LogP contribution in [0.2, 0.25) is 0 Å². The fraction of sp³-hybridized carbons (Fsp3) is 0.364. The Hall–Kier alpha value is -1.35. The van der Waals surface area contributed by atoms with Gasteiger partial charge >= 0.3 is 0 Å². The molecule has 3 rings (SSSR count). The van der Waals surface area contributed by atoms with Gasteiger partial charge in [0.1, 0.15) is 5.52 Å². The minimum atomic E-state index is 0.461. The van der Waals surface area contributed by atoms with Crippen LogP contribution >= 0.6 is 0 Å². The van der Waals surface area contributed by atoms with Gasteiger partial charge in [0, 0.05) is 12.5 Å². The zero-order chi connectivity index (χ0) is 9.38. The number of fused-ring (bicyclic) bond motifs is 1. The minimum absolute atomic E-state index is 0.461. The van der Waals surface area contributed by atoms with E-state index in [1.165, 1.54) is 0 Å². The van der Waals surface area contributed by atoms with E-state index in [2.05, 4.69) is 10.3 Å². The van der Waals surface area contributed by atoms with Crippen molar-refractivity contribution in [2.75, 3.05) is 13.1 Å². The number of benzene rings is 1. The molecule has 2 aromatic rings. The van der Waals surface area contributed by atoms with Crippen molar-refractivity contribution in [1.29, 1.82) is 0 Å². The number of aromatic nitrogens is 1. The molecule has 0 amide bonds. The van der Waals surface area contributed by atoms with Crippen LogP contribution in [0.15, 0.2) is 28.7 Å². The highest BCUT2D eigenvalue weighted by molar-refractivity contribution is 5.72. The molecule has 1 aromatic carbocycles. The lowest BCUT2D eigenvalue weighted by Crippen LogP contribution is -2.07. The molecule has 1 aromatic heterocycles. The fourth-order valence-electron chi connectivity index (χ4n) is 1.93. The molecule has 1 aliphatic heterocycles. The van der Waals surface area contributed by atoms with Gasteiger partial charge in [-0.05, 0) is 25.1 Å². The number of oxazole rings is 1. The van der Waals surface area contributed by atoms with E-state index in [1.54, 1.807) is 0 Å². The molecule has 14 heavy (non-hydrogen) atoms. The Morgan fingerprint density at radius 3 is 3.07 bits per heavy atom. The first-order chi connectivity index (χ1) is 6.93. The van der Waals surface area contributed by atoms with E-state index in [-0.39, 0.29) is 0 Å². The van der Waals surface area contributed by atoms with Crippen LogP contribution in [0.5, 0.6) is 0 Å². The number of hydrogen-bond donors (Lipinski definition) is 1. The Balaban J connectivity index is 2.05. The minimum Gasteiger partial charge on any atom is -0.440 e. The topological polar surface area (TPSA) is 38.1 Å². The second-order valence-electron chi connectivity index (χ2n) is 3.71. The van der Waals surface area contributed by atoms with Crippen molar-refractivity contribution in [3.8, 4) is 0 Å². The zero-order valence-electron chi connectivity index (χ0n) is 7.86. The van der Waals surface area contributed by atoms with Crippen LogP contribution in [0, 0.1) is 0 Å². The summed E-state index contributed by atoms with van der Waals surface area (Å²) in [4.78, 5) is 4.49. The molecule has 3 heteroatoms. The number of rotatable bonds is 1. The second kappa shape index (κ2) is 3.10. The predicted molar refractivity (Wildman–Crippen MR) is 54.2 cm³/mol. The monoisotopic (exact) mass is 188 g/mol. The maximum atomic E-state index is 5.70. The maximum Gasteiger partial charge on any atom is 0.199 e. The lowest BCUT2D eigenvalue weighted by atomic mass is 10.1. The highest BCUT2D eigenvalue weighted by Gasteiger charge is 2.21. The maximum absolute atomic E-state index is 5.70. The molecule has 1 saturated heterocycles. The first-order valence-corrected chi connectivity index (χ1v) is 5.00. The molecule has 0 spiro atoms. The molecule has 3 nitrogen and oxygen atoms in total. The number of para-hydroxylation sites is 2. The molecule has 0 radical (unpaired) electrons. The van der Waals surface area contributed by atoms with Crippen molar-refractivity contribution < 1.29 is 4.42 Å². The van der Waals surface area contributed by atoms with Crippen LogP contribution < -0.4 is 5.32 Å². The number of nitrogens with one attached hydrogen (secondary N) is 1. The molecule has 1 atom stereocenters. The molecule has 0 saturated carbocycles. The smallest absolute Gasteiger partial charge is 0.199 e. The van der Waals surface area contributed by atoms with Gasteiger partial charge in [0.2, 0.25) is 0 Å². The summed E-state index contributed by atoms with van der Waals surface area (Å²) in [6, 6.07) is 7.92. The summed E-state index contributed by atoms with van der Waals surface area (Å²) in [5, 5.41) is 3.32. The summed E-state index contributed by atoms with van der Waals surface area (Å²) in [5.74, 6) is 1.35. The average molecular weight is 188 g/mol. The van der Waals surface area contributed by atoms with Crippen LogP contribution in [-0.2, 0) is 0 Å². The molecule has 0 aliphatic carbocycles. The van der Waals surface area contributed by atoms with Crippen LogP contribution in [-0.4, -0.2) is 18.1 Å². The van der Waals surface area contributed by atoms with Crippen LogP contribution in [0.3, 0.4) is 0 Å². The Kier molecular flexibility index (Phi) is 1.77. The van der Waals surface area contributed by atoms with Crippen LogP contribution in [0.4, 0.5) is 0 Å². The highest BCUT2D eigenvalue weighted by Crippen LogP contribution is 2.25. The third-order valence-corrected chi connectivity index (χ3v) is 2.72. The van der Waals surface area contributed by atoms with Crippen molar-refractivity contribution >= 4 is 11.1 Å². The van der Waals surface area contributed by atoms with Gasteiger partial charge in [-0.1, -0.05) is 12.1 Å². The molecule has 1 aliphatic rings. The van der Waals surface area contributed by atoms with Crippen LogP contribution in [0.25, 0.3) is 11.1 Å². The van der Waals surface area contributed by atoms with E-state index in [4.69, 9.17) is 4.42 Å². The highest BCUT2D eigenvalue weighted by atomic mass is 16.3. The molecule has 72 valence electrons. The standard InChI is InChI=1S/C11H12N2O/c1-2-4-10-9(3-1)13-11(14-10)8-5-6-12-7-8/h1-4,8,12H,5-7H2/t8-/m1/s1. The van der Waals surface area contributed by atoms with E-state index in [9.17, 15) is 0 Å². The summed E-state index contributed by atoms with van der Waals surface area (Å²) < 4.78 is 5.70. The summed E-state index contributed by atoms with van der Waals surface area (Å²) in [6.07, 6.45) is 1.13. The summed E-state index contributed by atoms with van der Waals surface area (Å²) in [7, 11) is 0. The molecular formula is C11H12N2O. The molecule has 0 bridgehead atoms. The van der Waals surface area contributed by atoms with Gasteiger partial charge in [-0.3, -0.25) is 0 Å². The van der Waals surface area contributed by atoms with E-state index in [1.807, 2.05) is 24.3 Å². The summed E-state index contributed by atoms with van der Waals surface area (Å²) >= 11 is 0. The van der Waals surface area contributed by atoms with E-state index >= 15 is 0 Å². The fourth-order valence-corrected chi connectivity index (χ4v) is 1.93. The number of nitrogens with zero attached hydrogens (tertiary/aromatic N) is 1. The Labute approximate surface area is 82.1 Å². The second-order valence-corrected chi connectivity index (χ2v) is 3.71. The summed E-state index contributed by atoms with van der Waals surface area (Å²) in [6.45, 7) is 2.07. The Bertz CT molecular complexity index is 410. The lowest BCUT2D eigenvalue weighted by Gasteiger charge is -1.99. The van der Waals surface area contributed by atoms with Gasteiger partial charge in [0.05, 0.1) is 0 Å².